The molecule has 4 heterocycles. The highest BCUT2D eigenvalue weighted by atomic mass is 79.9. The molecule has 3 aromatic heterocycles. The van der Waals surface area contributed by atoms with E-state index in [1.807, 2.05) is 66.7 Å². The van der Waals surface area contributed by atoms with Crippen molar-refractivity contribution < 1.29 is 4.79 Å². The summed E-state index contributed by atoms with van der Waals surface area (Å²) < 4.78 is 7.44. The van der Waals surface area contributed by atoms with Crippen molar-refractivity contribution in [1.82, 2.24) is 18.7 Å². The highest BCUT2D eigenvalue weighted by molar-refractivity contribution is 9.10. The number of H-pyrrole nitrogens is 1. The molecule has 0 saturated heterocycles. The summed E-state index contributed by atoms with van der Waals surface area (Å²) in [7, 11) is 0. The molecule has 0 spiro atoms. The summed E-state index contributed by atoms with van der Waals surface area (Å²) >= 11 is 3.57. The largest absolute Gasteiger partial charge is 0.331 e. The van der Waals surface area contributed by atoms with Crippen molar-refractivity contribution in [2.24, 2.45) is 0 Å². The number of hydrogen-bond acceptors (Lipinski definition) is 2. The molecule has 7 nitrogen and oxygen atoms in total. The van der Waals surface area contributed by atoms with Crippen molar-refractivity contribution in [3.63, 3.8) is 0 Å². The number of nitrogens with one attached hydrogen (secondary N) is 2. The van der Waals surface area contributed by atoms with Crippen LogP contribution in [0.3, 0.4) is 0 Å². The molecule has 0 aliphatic carbocycles. The summed E-state index contributed by atoms with van der Waals surface area (Å²) in [6, 6.07) is 66.0. The van der Waals surface area contributed by atoms with Crippen LogP contribution in [0.4, 0.5) is 5.69 Å². The number of imidazole rings is 1. The van der Waals surface area contributed by atoms with Crippen molar-refractivity contribution >= 4 is 82.2 Å². The number of aromatic amines is 1. The fourth-order valence-electron chi connectivity index (χ4n) is 8.23. The van der Waals surface area contributed by atoms with Gasteiger partial charge >= 0.3 is 5.69 Å². The van der Waals surface area contributed by atoms with Crippen molar-refractivity contribution in [3.8, 4) is 17.1 Å². The number of hydrogen-bond donors (Lipinski definition) is 2. The van der Waals surface area contributed by atoms with Crippen LogP contribution in [0.2, 0.25) is 0 Å². The molecule has 2 N–H and O–H groups in total. The van der Waals surface area contributed by atoms with Gasteiger partial charge in [-0.1, -0.05) is 119 Å². The van der Waals surface area contributed by atoms with Gasteiger partial charge in [-0.15, -0.1) is 0 Å². The average Bonchev–Trinajstić information content (AvgIpc) is 4.02. The molecule has 12 rings (SSSR count). The maximum Gasteiger partial charge on any atom is 0.331 e. The number of benzene rings is 8. The predicted octanol–water partition coefficient (Wildman–Crippen LogP) is 12.1. The van der Waals surface area contributed by atoms with Crippen molar-refractivity contribution in [3.05, 3.63) is 215 Å². The number of nitrogens with zero attached hydrogens (tertiary/aromatic N) is 3. The normalized spacial score (nSPS) is 12.0. The molecule has 0 radical (unpaired) electrons. The number of para-hydroxylation sites is 7. The van der Waals surface area contributed by atoms with Gasteiger partial charge in [0.25, 0.3) is 0 Å². The van der Waals surface area contributed by atoms with Crippen LogP contribution in [0.15, 0.2) is 203 Å². The maximum atomic E-state index is 12.7. The summed E-state index contributed by atoms with van der Waals surface area (Å²) in [5.41, 5.74) is 11.6. The van der Waals surface area contributed by atoms with E-state index in [1.54, 1.807) is 4.57 Å². The molecule has 284 valence electrons. The van der Waals surface area contributed by atoms with Gasteiger partial charge in [-0.3, -0.25) is 9.36 Å². The van der Waals surface area contributed by atoms with Gasteiger partial charge in [0.2, 0.25) is 5.91 Å². The molecular formula is C51H36BrN5O2. The first kappa shape index (κ1) is 36.0. The molecular weight excluding hydrogens is 794 g/mol. The van der Waals surface area contributed by atoms with E-state index < -0.39 is 0 Å². The smallest absolute Gasteiger partial charge is 0.326 e. The lowest BCUT2D eigenvalue weighted by Gasteiger charge is -2.08. The van der Waals surface area contributed by atoms with Crippen LogP contribution in [0.25, 0.3) is 71.7 Å². The van der Waals surface area contributed by atoms with Gasteiger partial charge < -0.3 is 19.4 Å². The minimum absolute atomic E-state index is 0.0983. The van der Waals surface area contributed by atoms with Crippen molar-refractivity contribution in [2.45, 2.75) is 6.42 Å². The van der Waals surface area contributed by atoms with Crippen LogP contribution in [-0.4, -0.2) is 24.6 Å². The number of amides is 1. The van der Waals surface area contributed by atoms with Crippen LogP contribution in [0, 0.1) is 0 Å². The molecule has 0 saturated carbocycles. The number of anilines is 1. The molecule has 8 heteroatoms. The number of fused-ring (bicyclic) bond motifs is 8. The Balaban J connectivity index is 0.000000120. The lowest BCUT2D eigenvalue weighted by atomic mass is 10.1. The van der Waals surface area contributed by atoms with Crippen LogP contribution in [0.1, 0.15) is 5.56 Å². The minimum Gasteiger partial charge on any atom is -0.326 e. The molecule has 59 heavy (non-hydrogen) atoms. The van der Waals surface area contributed by atoms with E-state index in [0.29, 0.717) is 6.42 Å². The Bertz CT molecular complexity index is 3370. The first-order valence-corrected chi connectivity index (χ1v) is 20.2. The van der Waals surface area contributed by atoms with Crippen molar-refractivity contribution in [1.29, 1.82) is 0 Å². The SMILES string of the molecule is Brc1ccc2c(c1)c1ccccc1n2-c1ccccc1.O=C1Cc2ccccc2N1.O=c1[nH]c2ccccc2n1-c1ccc2c(c1)c1ccccc1n2-c1ccccc1. The van der Waals surface area contributed by atoms with Gasteiger partial charge in [-0.05, 0) is 96.6 Å². The highest BCUT2D eigenvalue weighted by Crippen LogP contribution is 2.35. The van der Waals surface area contributed by atoms with E-state index in [2.05, 4.69) is 163 Å². The topological polar surface area (TPSA) is 76.8 Å². The number of carbonyl (C=O) groups is 1. The van der Waals surface area contributed by atoms with E-state index in [1.165, 1.54) is 32.9 Å². The quantitative estimate of drug-likeness (QED) is 0.186. The minimum atomic E-state index is -0.127. The van der Waals surface area contributed by atoms with Gasteiger partial charge in [0.1, 0.15) is 0 Å². The van der Waals surface area contributed by atoms with E-state index >= 15 is 0 Å². The van der Waals surface area contributed by atoms with Crippen LogP contribution < -0.4 is 11.0 Å². The number of aromatic nitrogens is 4. The number of rotatable bonds is 3. The summed E-state index contributed by atoms with van der Waals surface area (Å²) in [5.74, 6) is 0.0983. The maximum absolute atomic E-state index is 12.7. The first-order valence-electron chi connectivity index (χ1n) is 19.4. The third-order valence-corrected chi connectivity index (χ3v) is 11.3. The summed E-state index contributed by atoms with van der Waals surface area (Å²) in [5, 5.41) is 7.61. The number of carbonyl (C=O) groups excluding carboxylic acids is 1. The Labute approximate surface area is 347 Å². The van der Waals surface area contributed by atoms with E-state index in [4.69, 9.17) is 0 Å². The zero-order chi connectivity index (χ0) is 39.9. The molecule has 0 atom stereocenters. The first-order chi connectivity index (χ1) is 29.0. The van der Waals surface area contributed by atoms with Gasteiger partial charge in [-0.25, -0.2) is 4.79 Å². The molecule has 1 aliphatic rings. The second-order valence-corrected chi connectivity index (χ2v) is 15.3. The van der Waals surface area contributed by atoms with Gasteiger partial charge in [0, 0.05) is 43.1 Å². The molecule has 1 aliphatic heterocycles. The Hall–Kier alpha value is -7.42. The average molecular weight is 831 g/mol. The van der Waals surface area contributed by atoms with Crippen LogP contribution in [-0.2, 0) is 11.2 Å². The zero-order valence-corrected chi connectivity index (χ0v) is 33.3. The van der Waals surface area contributed by atoms with E-state index in [-0.39, 0.29) is 11.6 Å². The van der Waals surface area contributed by atoms with Gasteiger partial charge in [0.15, 0.2) is 0 Å². The standard InChI is InChI=1S/C25H17N3O.C18H12BrN.C8H7NO/c29-25-26-21-11-5-7-13-24(21)28(25)18-14-15-23-20(16-18)19-10-4-6-12-22(19)27(23)17-8-2-1-3-9-17;19-13-10-11-18-16(12-13)15-8-4-5-9-17(15)20(18)14-6-2-1-3-7-14;10-8-5-6-3-1-2-4-7(6)9-8/h1-16H,(H,26,29);1-12H;1-4H,5H2,(H,9,10). The summed E-state index contributed by atoms with van der Waals surface area (Å²) in [4.78, 5) is 26.4. The van der Waals surface area contributed by atoms with E-state index in [9.17, 15) is 9.59 Å². The fraction of sp³-hybridized carbons (Fsp3) is 0.0196. The summed E-state index contributed by atoms with van der Waals surface area (Å²) in [6.45, 7) is 0. The molecule has 8 aromatic carbocycles. The van der Waals surface area contributed by atoms with Gasteiger partial charge in [-0.2, -0.15) is 0 Å². The predicted molar refractivity (Wildman–Crippen MR) is 245 cm³/mol. The lowest BCUT2D eigenvalue weighted by Crippen LogP contribution is -2.14. The van der Waals surface area contributed by atoms with Gasteiger partial charge in [0.05, 0.1) is 45.2 Å². The Morgan fingerprint density at radius 1 is 0.424 bits per heavy atom. The number of halogens is 1. The lowest BCUT2D eigenvalue weighted by molar-refractivity contribution is -0.115. The molecule has 0 unspecified atom stereocenters. The monoisotopic (exact) mass is 829 g/mol. The zero-order valence-electron chi connectivity index (χ0n) is 31.7. The second kappa shape index (κ2) is 15.2. The van der Waals surface area contributed by atoms with E-state index in [0.717, 1.165) is 54.6 Å². The third-order valence-electron chi connectivity index (χ3n) is 10.8. The highest BCUT2D eigenvalue weighted by Gasteiger charge is 2.17. The summed E-state index contributed by atoms with van der Waals surface area (Å²) in [6.07, 6.45) is 0.538. The van der Waals surface area contributed by atoms with Crippen LogP contribution >= 0.6 is 15.9 Å². The Morgan fingerprint density at radius 3 is 1.58 bits per heavy atom. The molecule has 0 fully saturated rings. The third kappa shape index (κ3) is 6.59. The molecule has 1 amide bonds. The second-order valence-electron chi connectivity index (χ2n) is 14.4. The molecule has 11 aromatic rings. The Morgan fingerprint density at radius 2 is 0.932 bits per heavy atom. The van der Waals surface area contributed by atoms with Crippen molar-refractivity contribution in [2.75, 3.05) is 5.32 Å². The fourth-order valence-corrected chi connectivity index (χ4v) is 8.59. The molecule has 0 bridgehead atoms. The van der Waals surface area contributed by atoms with Crippen LogP contribution in [0.5, 0.6) is 0 Å². The Kier molecular flexibility index (Phi) is 9.24.